The van der Waals surface area contributed by atoms with Gasteiger partial charge in [-0.1, -0.05) is 88.1 Å². The van der Waals surface area contributed by atoms with Gasteiger partial charge in [-0.2, -0.15) is 0 Å². The molecule has 0 saturated heterocycles. The van der Waals surface area contributed by atoms with Crippen LogP contribution in [0.15, 0.2) is 48.6 Å². The van der Waals surface area contributed by atoms with Crippen molar-refractivity contribution in [2.24, 2.45) is 0 Å². The number of hydrogen-bond donors (Lipinski definition) is 4. The van der Waals surface area contributed by atoms with Crippen LogP contribution in [0.2, 0.25) is 0 Å². The molecule has 0 aliphatic carbocycles. The second-order valence-corrected chi connectivity index (χ2v) is 11.2. The molecule has 0 aromatic carbocycles. The number of unbranched alkanes of at least 4 members (excludes halogenated alkanes) is 8. The molecule has 0 amide bonds. The minimum atomic E-state index is -0.270. The summed E-state index contributed by atoms with van der Waals surface area (Å²) in [5.41, 5.74) is 0. The molecule has 0 aliphatic heterocycles. The largest absolute Gasteiger partial charge is 0.392 e. The zero-order valence-electron chi connectivity index (χ0n) is 26.7. The van der Waals surface area contributed by atoms with Gasteiger partial charge in [-0.15, -0.1) is 0 Å². The summed E-state index contributed by atoms with van der Waals surface area (Å²) < 4.78 is 0. The van der Waals surface area contributed by atoms with E-state index in [0.29, 0.717) is 13.1 Å². The minimum absolute atomic E-state index is 0.270. The normalized spacial score (nSPS) is 14.2. The zero-order chi connectivity index (χ0) is 29.4. The van der Waals surface area contributed by atoms with Crippen LogP contribution in [0.25, 0.3) is 0 Å². The van der Waals surface area contributed by atoms with Crippen LogP contribution < -0.4 is 10.6 Å². The Hall–Kier alpha value is -1.24. The molecule has 5 nitrogen and oxygen atoms in total. The Bertz CT molecular complexity index is 566. The van der Waals surface area contributed by atoms with E-state index in [1.54, 1.807) is 0 Å². The predicted molar refractivity (Wildman–Crippen MR) is 177 cm³/mol. The third-order valence-corrected chi connectivity index (χ3v) is 7.08. The Labute approximate surface area is 249 Å². The molecular formula is C35H67N3O2. The van der Waals surface area contributed by atoms with Crippen LogP contribution in [-0.4, -0.2) is 73.6 Å². The fraction of sp³-hybridized carbons (Fsp3) is 0.771. The highest BCUT2D eigenvalue weighted by atomic mass is 16.3. The first-order valence-corrected chi connectivity index (χ1v) is 16.7. The average molecular weight is 562 g/mol. The van der Waals surface area contributed by atoms with Crippen LogP contribution in [0.3, 0.4) is 0 Å². The number of allylic oxidation sites excluding steroid dienone is 8. The zero-order valence-corrected chi connectivity index (χ0v) is 26.7. The van der Waals surface area contributed by atoms with E-state index in [2.05, 4.69) is 85.0 Å². The highest BCUT2D eigenvalue weighted by molar-refractivity contribution is 4.93. The van der Waals surface area contributed by atoms with E-state index in [1.165, 1.54) is 51.4 Å². The van der Waals surface area contributed by atoms with Crippen molar-refractivity contribution in [2.75, 3.05) is 46.3 Å². The van der Waals surface area contributed by atoms with Crippen molar-refractivity contribution in [1.29, 1.82) is 0 Å². The molecule has 0 saturated carbocycles. The summed E-state index contributed by atoms with van der Waals surface area (Å²) in [4.78, 5) is 2.28. The first kappa shape index (κ1) is 38.8. The van der Waals surface area contributed by atoms with Crippen molar-refractivity contribution in [3.63, 3.8) is 0 Å². The summed E-state index contributed by atoms with van der Waals surface area (Å²) in [5, 5.41) is 27.1. The van der Waals surface area contributed by atoms with Gasteiger partial charge in [-0.05, 0) is 84.1 Å². The molecule has 0 heterocycles. The molecule has 0 radical (unpaired) electrons. The van der Waals surface area contributed by atoms with E-state index < -0.39 is 0 Å². The standard InChI is InChI=1S/C35H67N3O2/c1-4-6-8-10-12-14-16-18-20-22-24-26-34(39)32-36-28-30-38(3)31-29-37-33-35(40)27-25-23-21-19-17-15-13-11-9-7-5-2/h12-15,18-21,34-37,39-40H,4-11,16-17,22-33H2,1-3H3/b14-12-,15-13-,20-18-,21-19-. The van der Waals surface area contributed by atoms with E-state index >= 15 is 0 Å². The highest BCUT2D eigenvalue weighted by Gasteiger charge is 2.05. The van der Waals surface area contributed by atoms with E-state index in [9.17, 15) is 10.2 Å². The fourth-order valence-electron chi connectivity index (χ4n) is 4.37. The Balaban J connectivity index is 3.52. The number of hydrogen-bond acceptors (Lipinski definition) is 5. The molecule has 0 fully saturated rings. The predicted octanol–water partition coefficient (Wildman–Crippen LogP) is 7.33. The van der Waals surface area contributed by atoms with Gasteiger partial charge in [-0.3, -0.25) is 0 Å². The molecule has 2 atom stereocenters. The number of nitrogens with one attached hydrogen (secondary N) is 2. The highest BCUT2D eigenvalue weighted by Crippen LogP contribution is 2.05. The van der Waals surface area contributed by atoms with Crippen LogP contribution >= 0.6 is 0 Å². The summed E-state index contributed by atoms with van der Waals surface area (Å²) in [6.45, 7) is 9.46. The molecule has 40 heavy (non-hydrogen) atoms. The minimum Gasteiger partial charge on any atom is -0.392 e. The van der Waals surface area contributed by atoms with Gasteiger partial charge >= 0.3 is 0 Å². The first-order chi connectivity index (χ1) is 19.6. The molecule has 234 valence electrons. The molecule has 4 N–H and O–H groups in total. The third-order valence-electron chi connectivity index (χ3n) is 7.08. The summed E-state index contributed by atoms with van der Waals surface area (Å²) in [6.07, 6.45) is 35.7. The molecule has 0 rings (SSSR count). The number of aliphatic hydroxyl groups is 2. The number of likely N-dealkylation sites (N-methyl/N-ethyl adjacent to an activating group) is 1. The van der Waals surface area contributed by atoms with Crippen molar-refractivity contribution in [1.82, 2.24) is 15.5 Å². The van der Waals surface area contributed by atoms with Gasteiger partial charge in [0.1, 0.15) is 0 Å². The van der Waals surface area contributed by atoms with Gasteiger partial charge in [0.05, 0.1) is 12.2 Å². The van der Waals surface area contributed by atoms with Gasteiger partial charge in [0.25, 0.3) is 0 Å². The molecule has 5 heteroatoms. The molecule has 0 aliphatic rings. The van der Waals surface area contributed by atoms with Gasteiger partial charge in [0.15, 0.2) is 0 Å². The lowest BCUT2D eigenvalue weighted by molar-refractivity contribution is 0.156. The SMILES string of the molecule is CCCCC/C=C\C/C=C\CCCC(O)CNCCN(C)CCNCC(O)CCC/C=C\C/C=C\CCCCC. The molecule has 0 spiro atoms. The molecule has 0 aromatic rings. The second kappa shape index (κ2) is 32.3. The molecule has 2 unspecified atom stereocenters. The number of aliphatic hydroxyl groups excluding tert-OH is 2. The van der Waals surface area contributed by atoms with E-state index in [-0.39, 0.29) is 12.2 Å². The maximum atomic E-state index is 10.2. The van der Waals surface area contributed by atoms with Gasteiger partial charge in [-0.25, -0.2) is 0 Å². The monoisotopic (exact) mass is 562 g/mol. The lowest BCUT2D eigenvalue weighted by Gasteiger charge is -2.19. The summed E-state index contributed by atoms with van der Waals surface area (Å²) in [7, 11) is 2.12. The Morgan fingerprint density at radius 1 is 0.550 bits per heavy atom. The summed E-state index contributed by atoms with van der Waals surface area (Å²) >= 11 is 0. The quantitative estimate of drug-likeness (QED) is 0.0546. The Morgan fingerprint density at radius 2 is 0.925 bits per heavy atom. The van der Waals surface area contributed by atoms with Gasteiger partial charge < -0.3 is 25.7 Å². The van der Waals surface area contributed by atoms with Crippen molar-refractivity contribution < 1.29 is 10.2 Å². The molecular weight excluding hydrogens is 494 g/mol. The Kier molecular flexibility index (Phi) is 31.3. The lowest BCUT2D eigenvalue weighted by Crippen LogP contribution is -2.38. The lowest BCUT2D eigenvalue weighted by atomic mass is 10.1. The van der Waals surface area contributed by atoms with Crippen LogP contribution in [0.4, 0.5) is 0 Å². The smallest absolute Gasteiger partial charge is 0.0664 e. The van der Waals surface area contributed by atoms with Crippen LogP contribution in [-0.2, 0) is 0 Å². The maximum Gasteiger partial charge on any atom is 0.0664 e. The van der Waals surface area contributed by atoms with E-state index in [1.807, 2.05) is 0 Å². The third kappa shape index (κ3) is 31.3. The average Bonchev–Trinajstić information content (AvgIpc) is 2.95. The molecule has 0 bridgehead atoms. The van der Waals surface area contributed by atoms with E-state index in [4.69, 9.17) is 0 Å². The number of rotatable bonds is 30. The van der Waals surface area contributed by atoms with Crippen LogP contribution in [0.1, 0.15) is 117 Å². The maximum absolute atomic E-state index is 10.2. The summed E-state index contributed by atoms with van der Waals surface area (Å²) in [5.74, 6) is 0. The van der Waals surface area contributed by atoms with Crippen molar-refractivity contribution in [3.05, 3.63) is 48.6 Å². The number of nitrogens with zero attached hydrogens (tertiary/aromatic N) is 1. The topological polar surface area (TPSA) is 67.8 Å². The van der Waals surface area contributed by atoms with Gasteiger partial charge in [0.2, 0.25) is 0 Å². The fourth-order valence-corrected chi connectivity index (χ4v) is 4.37. The second-order valence-electron chi connectivity index (χ2n) is 11.2. The van der Waals surface area contributed by atoms with Crippen LogP contribution in [0.5, 0.6) is 0 Å². The molecule has 0 aromatic heterocycles. The Morgan fingerprint density at radius 3 is 1.30 bits per heavy atom. The first-order valence-electron chi connectivity index (χ1n) is 16.7. The van der Waals surface area contributed by atoms with Gasteiger partial charge in [0, 0.05) is 39.3 Å². The van der Waals surface area contributed by atoms with Crippen molar-refractivity contribution in [2.45, 2.75) is 129 Å². The van der Waals surface area contributed by atoms with E-state index in [0.717, 1.165) is 77.5 Å². The summed E-state index contributed by atoms with van der Waals surface area (Å²) in [6, 6.07) is 0. The van der Waals surface area contributed by atoms with Crippen molar-refractivity contribution in [3.8, 4) is 0 Å². The van der Waals surface area contributed by atoms with Crippen LogP contribution in [0, 0.1) is 0 Å². The van der Waals surface area contributed by atoms with Crippen molar-refractivity contribution >= 4 is 0 Å².